The van der Waals surface area contributed by atoms with Crippen molar-refractivity contribution in [3.63, 3.8) is 0 Å². The van der Waals surface area contributed by atoms with E-state index in [0.717, 1.165) is 33.0 Å². The molecule has 23 heavy (non-hydrogen) atoms. The highest BCUT2D eigenvalue weighted by molar-refractivity contribution is 7.17. The summed E-state index contributed by atoms with van der Waals surface area (Å²) < 4.78 is 0. The molecule has 4 nitrogen and oxygen atoms in total. The Labute approximate surface area is 140 Å². The summed E-state index contributed by atoms with van der Waals surface area (Å²) in [6, 6.07) is 8.46. The maximum Gasteiger partial charge on any atom is 0.139 e. The second kappa shape index (κ2) is 5.91. The number of aliphatic hydroxyl groups is 1. The Bertz CT molecular complexity index is 837. The van der Waals surface area contributed by atoms with Crippen LogP contribution in [0.5, 0.6) is 0 Å². The third-order valence-electron chi connectivity index (χ3n) is 3.76. The summed E-state index contributed by atoms with van der Waals surface area (Å²) in [5.41, 5.74) is 3.07. The highest BCUT2D eigenvalue weighted by atomic mass is 32.1. The highest BCUT2D eigenvalue weighted by Gasteiger charge is 2.21. The van der Waals surface area contributed by atoms with Gasteiger partial charge >= 0.3 is 0 Å². The molecule has 0 aliphatic rings. The summed E-state index contributed by atoms with van der Waals surface area (Å²) in [6.45, 7) is 7.91. The molecule has 2 aromatic heterocycles. The van der Waals surface area contributed by atoms with Crippen LogP contribution in [-0.4, -0.2) is 27.2 Å². The van der Waals surface area contributed by atoms with Gasteiger partial charge in [0, 0.05) is 10.9 Å². The fourth-order valence-electron chi connectivity index (χ4n) is 2.44. The molecule has 0 fully saturated rings. The first-order chi connectivity index (χ1) is 10.9. The van der Waals surface area contributed by atoms with Gasteiger partial charge in [-0.05, 0) is 33.3 Å². The van der Waals surface area contributed by atoms with Gasteiger partial charge in [-0.1, -0.05) is 29.8 Å². The molecule has 2 N–H and O–H groups in total. The van der Waals surface area contributed by atoms with Crippen molar-refractivity contribution >= 4 is 27.4 Å². The summed E-state index contributed by atoms with van der Waals surface area (Å²) in [5.74, 6) is 1.51. The largest absolute Gasteiger partial charge is 0.394 e. The number of aliphatic hydroxyl groups excluding tert-OH is 1. The molecule has 3 aromatic rings. The zero-order chi connectivity index (χ0) is 16.6. The minimum Gasteiger partial charge on any atom is -0.394 e. The molecular formula is C18H21N3OS. The first kappa shape index (κ1) is 15.9. The van der Waals surface area contributed by atoms with Crippen molar-refractivity contribution in [2.45, 2.75) is 33.2 Å². The second-order valence-electron chi connectivity index (χ2n) is 6.48. The molecule has 0 atom stereocenters. The van der Waals surface area contributed by atoms with Crippen molar-refractivity contribution in [3.05, 3.63) is 41.0 Å². The number of anilines is 1. The average molecular weight is 327 g/mol. The molecule has 0 aliphatic carbocycles. The Balaban J connectivity index is 2.19. The number of rotatable bonds is 4. The number of hydrogen-bond donors (Lipinski definition) is 2. The monoisotopic (exact) mass is 327 g/mol. The van der Waals surface area contributed by atoms with Crippen LogP contribution in [0.2, 0.25) is 0 Å². The van der Waals surface area contributed by atoms with Crippen LogP contribution < -0.4 is 5.32 Å². The predicted octanol–water partition coefficient (Wildman–Crippen LogP) is 4.16. The lowest BCUT2D eigenvalue weighted by atomic mass is 10.0. The van der Waals surface area contributed by atoms with Gasteiger partial charge in [0.15, 0.2) is 0 Å². The van der Waals surface area contributed by atoms with Gasteiger partial charge in [-0.3, -0.25) is 0 Å². The van der Waals surface area contributed by atoms with E-state index in [1.165, 1.54) is 5.56 Å². The van der Waals surface area contributed by atoms with E-state index >= 15 is 0 Å². The summed E-state index contributed by atoms with van der Waals surface area (Å²) in [4.78, 5) is 10.1. The molecule has 0 amide bonds. The van der Waals surface area contributed by atoms with E-state index in [4.69, 9.17) is 0 Å². The van der Waals surface area contributed by atoms with Crippen LogP contribution in [0.25, 0.3) is 21.3 Å². The van der Waals surface area contributed by atoms with E-state index < -0.39 is 5.54 Å². The number of thiophene rings is 1. The lowest BCUT2D eigenvalue weighted by Gasteiger charge is -2.25. The fraction of sp³-hybridized carbons (Fsp3) is 0.333. The molecular weight excluding hydrogens is 306 g/mol. The molecule has 0 radical (unpaired) electrons. The third kappa shape index (κ3) is 3.21. The third-order valence-corrected chi connectivity index (χ3v) is 4.63. The molecule has 3 rings (SSSR count). The predicted molar refractivity (Wildman–Crippen MR) is 97.1 cm³/mol. The van der Waals surface area contributed by atoms with Gasteiger partial charge in [0.1, 0.15) is 16.5 Å². The summed E-state index contributed by atoms with van der Waals surface area (Å²) in [6.07, 6.45) is 0. The van der Waals surface area contributed by atoms with E-state index in [-0.39, 0.29) is 6.61 Å². The highest BCUT2D eigenvalue weighted by Crippen LogP contribution is 2.37. The molecule has 120 valence electrons. The lowest BCUT2D eigenvalue weighted by molar-refractivity contribution is 0.234. The van der Waals surface area contributed by atoms with Crippen LogP contribution in [-0.2, 0) is 0 Å². The van der Waals surface area contributed by atoms with Crippen LogP contribution in [0.1, 0.15) is 25.2 Å². The number of benzene rings is 1. The first-order valence-corrected chi connectivity index (χ1v) is 8.49. The molecule has 0 bridgehead atoms. The van der Waals surface area contributed by atoms with Crippen molar-refractivity contribution in [1.82, 2.24) is 9.97 Å². The van der Waals surface area contributed by atoms with Crippen LogP contribution in [0, 0.1) is 13.8 Å². The Morgan fingerprint density at radius 1 is 1.13 bits per heavy atom. The van der Waals surface area contributed by atoms with Crippen LogP contribution in [0.3, 0.4) is 0 Å². The second-order valence-corrected chi connectivity index (χ2v) is 7.34. The maximum atomic E-state index is 9.56. The van der Waals surface area contributed by atoms with Gasteiger partial charge < -0.3 is 10.4 Å². The molecule has 0 aliphatic heterocycles. The minimum atomic E-state index is -0.444. The smallest absolute Gasteiger partial charge is 0.139 e. The Morgan fingerprint density at radius 2 is 1.83 bits per heavy atom. The van der Waals surface area contributed by atoms with Gasteiger partial charge in [0.05, 0.1) is 17.5 Å². The van der Waals surface area contributed by atoms with Gasteiger partial charge in [0.2, 0.25) is 0 Å². The standard InChI is InChI=1S/C18H21N3OS/c1-11-5-7-13(8-6-11)14-9-23-17-15(14)16(19-12(2)20-17)21-18(3,4)10-22/h5-9,22H,10H2,1-4H3,(H,19,20,21). The van der Waals surface area contributed by atoms with Crippen LogP contribution in [0.15, 0.2) is 29.6 Å². The van der Waals surface area contributed by atoms with Crippen molar-refractivity contribution in [2.24, 2.45) is 0 Å². The normalized spacial score (nSPS) is 11.9. The van der Waals surface area contributed by atoms with E-state index in [1.54, 1.807) is 11.3 Å². The van der Waals surface area contributed by atoms with Crippen molar-refractivity contribution in [2.75, 3.05) is 11.9 Å². The Hall–Kier alpha value is -1.98. The fourth-order valence-corrected chi connectivity index (χ4v) is 3.44. The molecule has 5 heteroatoms. The number of nitrogens with one attached hydrogen (secondary N) is 1. The molecule has 2 heterocycles. The average Bonchev–Trinajstić information content (AvgIpc) is 2.91. The van der Waals surface area contributed by atoms with Gasteiger partial charge in [-0.15, -0.1) is 11.3 Å². The number of nitrogens with zero attached hydrogens (tertiary/aromatic N) is 2. The SMILES string of the molecule is Cc1ccc(-c2csc3nc(C)nc(NC(C)(C)CO)c23)cc1. The topological polar surface area (TPSA) is 58.0 Å². The summed E-state index contributed by atoms with van der Waals surface area (Å²) in [7, 11) is 0. The lowest BCUT2D eigenvalue weighted by Crippen LogP contribution is -2.35. The van der Waals surface area contributed by atoms with Crippen molar-refractivity contribution in [1.29, 1.82) is 0 Å². The zero-order valence-corrected chi connectivity index (χ0v) is 14.7. The van der Waals surface area contributed by atoms with Gasteiger partial charge in [0.25, 0.3) is 0 Å². The number of fused-ring (bicyclic) bond motifs is 1. The molecule has 0 saturated heterocycles. The quantitative estimate of drug-likeness (QED) is 0.755. The minimum absolute atomic E-state index is 0.0293. The maximum absolute atomic E-state index is 9.56. The van der Waals surface area contributed by atoms with Gasteiger partial charge in [-0.2, -0.15) is 0 Å². The number of aryl methyl sites for hydroxylation is 2. The zero-order valence-electron chi connectivity index (χ0n) is 13.8. The van der Waals surface area contributed by atoms with Gasteiger partial charge in [-0.25, -0.2) is 9.97 Å². The first-order valence-electron chi connectivity index (χ1n) is 7.61. The van der Waals surface area contributed by atoms with Crippen LogP contribution >= 0.6 is 11.3 Å². The van der Waals surface area contributed by atoms with Crippen molar-refractivity contribution in [3.8, 4) is 11.1 Å². The summed E-state index contributed by atoms with van der Waals surface area (Å²) >= 11 is 1.62. The molecule has 0 spiro atoms. The molecule has 0 saturated carbocycles. The Kier molecular flexibility index (Phi) is 4.08. The van der Waals surface area contributed by atoms with E-state index in [1.807, 2.05) is 20.8 Å². The summed E-state index contributed by atoms with van der Waals surface area (Å²) in [5, 5.41) is 16.1. The molecule has 0 unspecified atom stereocenters. The van der Waals surface area contributed by atoms with Crippen LogP contribution in [0.4, 0.5) is 5.82 Å². The van der Waals surface area contributed by atoms with E-state index in [2.05, 4.69) is 51.9 Å². The molecule has 1 aromatic carbocycles. The van der Waals surface area contributed by atoms with E-state index in [0.29, 0.717) is 0 Å². The van der Waals surface area contributed by atoms with E-state index in [9.17, 15) is 5.11 Å². The number of aromatic nitrogens is 2. The number of hydrogen-bond acceptors (Lipinski definition) is 5. The van der Waals surface area contributed by atoms with Crippen molar-refractivity contribution < 1.29 is 5.11 Å². The Morgan fingerprint density at radius 3 is 2.48 bits per heavy atom.